The first kappa shape index (κ1) is 10.5. The summed E-state index contributed by atoms with van der Waals surface area (Å²) in [7, 11) is 0. The molecule has 0 N–H and O–H groups in total. The Hall–Kier alpha value is -2.04. The average molecular weight is 219 g/mol. The Kier molecular flexibility index (Phi) is 2.52. The molecule has 2 rings (SSSR count). The highest BCUT2D eigenvalue weighted by Crippen LogP contribution is 2.06. The largest absolute Gasteiger partial charge is 0.411 e. The standard InChI is InChI=1S/C11H11N2O3/c1-7(14)10-11(16-8(2)15)12-9-5-3-4-6-13(9)10/h3-6,11H,1-2H3/q+1. The summed E-state index contributed by atoms with van der Waals surface area (Å²) >= 11 is 0. The third-order valence-corrected chi connectivity index (χ3v) is 2.22. The van der Waals surface area contributed by atoms with Crippen LogP contribution in [0.3, 0.4) is 0 Å². The monoisotopic (exact) mass is 219 g/mol. The van der Waals surface area contributed by atoms with Gasteiger partial charge in [0.15, 0.2) is 0 Å². The molecule has 5 heteroatoms. The second-order valence-electron chi connectivity index (χ2n) is 3.46. The maximum atomic E-state index is 11.5. The molecule has 16 heavy (non-hydrogen) atoms. The van der Waals surface area contributed by atoms with Gasteiger partial charge in [-0.25, -0.2) is 0 Å². The highest BCUT2D eigenvalue weighted by molar-refractivity contribution is 5.87. The molecule has 1 unspecified atom stereocenters. The van der Waals surface area contributed by atoms with Crippen LogP contribution < -0.4 is 9.73 Å². The minimum atomic E-state index is -0.822. The van der Waals surface area contributed by atoms with E-state index in [1.807, 2.05) is 6.07 Å². The minimum Gasteiger partial charge on any atom is -0.411 e. The molecule has 0 aliphatic carbocycles. The summed E-state index contributed by atoms with van der Waals surface area (Å²) in [6.07, 6.45) is 0.899. The number of ketones is 1. The van der Waals surface area contributed by atoms with Gasteiger partial charge >= 0.3 is 17.7 Å². The Morgan fingerprint density at radius 2 is 2.12 bits per heavy atom. The van der Waals surface area contributed by atoms with Gasteiger partial charge in [0.2, 0.25) is 11.5 Å². The van der Waals surface area contributed by atoms with Crippen molar-refractivity contribution in [2.24, 2.45) is 4.99 Å². The van der Waals surface area contributed by atoms with Gasteiger partial charge in [-0.1, -0.05) is 6.07 Å². The number of pyridine rings is 1. The summed E-state index contributed by atoms with van der Waals surface area (Å²) in [6.45, 7) is 2.72. The molecule has 1 aromatic rings. The summed E-state index contributed by atoms with van der Waals surface area (Å²) in [4.78, 5) is 26.6. The van der Waals surface area contributed by atoms with Crippen LogP contribution in [-0.4, -0.2) is 18.0 Å². The van der Waals surface area contributed by atoms with E-state index in [1.165, 1.54) is 13.8 Å². The molecule has 1 aromatic heterocycles. The fourth-order valence-corrected chi connectivity index (χ4v) is 1.63. The number of ether oxygens (including phenoxy) is 1. The van der Waals surface area contributed by atoms with Crippen molar-refractivity contribution in [3.8, 4) is 0 Å². The van der Waals surface area contributed by atoms with Crippen molar-refractivity contribution in [1.29, 1.82) is 0 Å². The van der Waals surface area contributed by atoms with Gasteiger partial charge in [-0.05, 0) is 11.1 Å². The number of carbonyl (C=O) groups excluding carboxylic acids is 2. The summed E-state index contributed by atoms with van der Waals surface area (Å²) in [5, 5.41) is 0. The van der Waals surface area contributed by atoms with Crippen LogP contribution in [0.4, 0.5) is 0 Å². The quantitative estimate of drug-likeness (QED) is 0.496. The van der Waals surface area contributed by atoms with Crippen molar-refractivity contribution in [3.63, 3.8) is 0 Å². The molecule has 1 atom stereocenters. The first-order chi connectivity index (χ1) is 7.59. The first-order valence-electron chi connectivity index (χ1n) is 4.86. The number of hydrogen-bond acceptors (Lipinski definition) is 4. The lowest BCUT2D eigenvalue weighted by Crippen LogP contribution is -2.39. The molecule has 0 fully saturated rings. The fourth-order valence-electron chi connectivity index (χ4n) is 1.63. The van der Waals surface area contributed by atoms with E-state index >= 15 is 0 Å². The van der Waals surface area contributed by atoms with E-state index in [0.29, 0.717) is 11.2 Å². The molecule has 0 spiro atoms. The van der Waals surface area contributed by atoms with Crippen molar-refractivity contribution in [3.05, 3.63) is 35.6 Å². The van der Waals surface area contributed by atoms with Crippen molar-refractivity contribution < 1.29 is 18.6 Å². The topological polar surface area (TPSA) is 61.6 Å². The van der Waals surface area contributed by atoms with E-state index in [9.17, 15) is 9.59 Å². The summed E-state index contributed by atoms with van der Waals surface area (Å²) < 4.78 is 6.62. The van der Waals surface area contributed by atoms with E-state index < -0.39 is 12.2 Å². The van der Waals surface area contributed by atoms with Gasteiger partial charge in [0.05, 0.1) is 6.20 Å². The molecule has 0 saturated carbocycles. The Morgan fingerprint density at radius 1 is 1.38 bits per heavy atom. The highest BCUT2D eigenvalue weighted by Gasteiger charge is 2.35. The zero-order chi connectivity index (χ0) is 11.7. The van der Waals surface area contributed by atoms with Gasteiger partial charge in [0.1, 0.15) is 0 Å². The number of carbonyl (C=O) groups is 2. The smallest absolute Gasteiger partial charge is 0.348 e. The van der Waals surface area contributed by atoms with Crippen LogP contribution in [-0.2, 0) is 14.3 Å². The van der Waals surface area contributed by atoms with Crippen LogP contribution in [0.15, 0.2) is 29.4 Å². The zero-order valence-corrected chi connectivity index (χ0v) is 9.01. The van der Waals surface area contributed by atoms with Crippen LogP contribution in [0, 0.1) is 5.71 Å². The SMILES string of the molecule is CC(=O)OC1N=c2cccc[n+]2=C1C(C)=O. The zero-order valence-electron chi connectivity index (χ0n) is 9.01. The summed E-state index contributed by atoms with van der Waals surface area (Å²) in [6, 6.07) is 5.35. The fraction of sp³-hybridized carbons (Fsp3) is 0.273. The number of fused-ring (bicyclic) bond motifs is 1. The molecule has 1 aliphatic heterocycles. The molecule has 5 nitrogen and oxygen atoms in total. The Balaban J connectivity index is 2.60. The molecular weight excluding hydrogens is 208 g/mol. The molecule has 0 aromatic carbocycles. The van der Waals surface area contributed by atoms with Gasteiger partial charge in [-0.2, -0.15) is 4.24 Å². The van der Waals surface area contributed by atoms with Crippen LogP contribution >= 0.6 is 0 Å². The lowest BCUT2D eigenvalue weighted by molar-refractivity contribution is -0.533. The third-order valence-electron chi connectivity index (χ3n) is 2.22. The van der Waals surface area contributed by atoms with Gasteiger partial charge in [0, 0.05) is 19.9 Å². The Bertz CT molecular complexity index is 577. The van der Waals surface area contributed by atoms with Crippen molar-refractivity contribution in [2.75, 3.05) is 0 Å². The van der Waals surface area contributed by atoms with Crippen molar-refractivity contribution in [2.45, 2.75) is 20.1 Å². The number of Topliss-reactive ketones (excluding diaryl/α,β-unsaturated/α-hetero) is 1. The van der Waals surface area contributed by atoms with Gasteiger partial charge in [-0.15, -0.1) is 0 Å². The first-order valence-corrected chi connectivity index (χ1v) is 4.86. The van der Waals surface area contributed by atoms with Crippen LogP contribution in [0.2, 0.25) is 0 Å². The van der Waals surface area contributed by atoms with Crippen molar-refractivity contribution in [1.82, 2.24) is 0 Å². The maximum absolute atomic E-state index is 11.5. The van der Waals surface area contributed by atoms with E-state index in [0.717, 1.165) is 0 Å². The summed E-state index contributed by atoms with van der Waals surface area (Å²) in [5.74, 6) is -0.620. The predicted molar refractivity (Wildman–Crippen MR) is 52.7 cm³/mol. The molecular formula is C11H11N2O3+. The third kappa shape index (κ3) is 1.71. The molecule has 0 radical (unpaired) electrons. The highest BCUT2D eigenvalue weighted by atomic mass is 16.6. The molecule has 0 saturated heterocycles. The van der Waals surface area contributed by atoms with E-state index in [2.05, 4.69) is 4.99 Å². The number of nitrogens with zero attached hydrogens (tertiary/aromatic N) is 2. The van der Waals surface area contributed by atoms with Gasteiger partial charge < -0.3 is 4.74 Å². The average Bonchev–Trinajstić information content (AvgIpc) is 2.53. The van der Waals surface area contributed by atoms with Gasteiger partial charge in [-0.3, -0.25) is 9.59 Å². The second-order valence-corrected chi connectivity index (χ2v) is 3.46. The molecule has 0 amide bonds. The molecule has 0 bridgehead atoms. The molecule has 1 aliphatic rings. The number of hydrogen-bond donors (Lipinski definition) is 0. The van der Waals surface area contributed by atoms with Crippen LogP contribution in [0.1, 0.15) is 13.8 Å². The normalized spacial score (nSPS) is 17.6. The lowest BCUT2D eigenvalue weighted by atomic mass is 10.2. The lowest BCUT2D eigenvalue weighted by Gasteiger charge is -2.02. The molecule has 2 heterocycles. The predicted octanol–water partition coefficient (Wildman–Crippen LogP) is -0.534. The van der Waals surface area contributed by atoms with Gasteiger partial charge in [0.25, 0.3) is 0 Å². The van der Waals surface area contributed by atoms with Crippen LogP contribution in [0.5, 0.6) is 0 Å². The van der Waals surface area contributed by atoms with Crippen molar-refractivity contribution >= 4 is 11.8 Å². The molecule has 82 valence electrons. The number of esters is 1. The van der Waals surface area contributed by atoms with E-state index in [1.54, 1.807) is 22.6 Å². The Morgan fingerprint density at radius 3 is 2.75 bits per heavy atom. The van der Waals surface area contributed by atoms with Crippen LogP contribution in [0.25, 0.3) is 0 Å². The summed E-state index contributed by atoms with van der Waals surface area (Å²) in [5.41, 5.74) is 0.977. The number of rotatable bonds is 2. The second kappa shape index (κ2) is 3.84. The van der Waals surface area contributed by atoms with E-state index in [-0.39, 0.29) is 5.78 Å². The minimum absolute atomic E-state index is 0.162. The number of aromatic nitrogens is 1. The Labute approximate surface area is 91.7 Å². The van der Waals surface area contributed by atoms with E-state index in [4.69, 9.17) is 4.74 Å². The maximum Gasteiger partial charge on any atom is 0.348 e.